The molecule has 0 fully saturated rings. The van der Waals surface area contributed by atoms with Crippen LogP contribution in [0.3, 0.4) is 0 Å². The first-order valence-corrected chi connectivity index (χ1v) is 8.16. The number of benzene rings is 1. The molecule has 0 aliphatic heterocycles. The van der Waals surface area contributed by atoms with E-state index in [0.717, 1.165) is 0 Å². The lowest BCUT2D eigenvalue weighted by molar-refractivity contribution is 0.273. The van der Waals surface area contributed by atoms with E-state index in [1.165, 1.54) is 31.5 Å². The van der Waals surface area contributed by atoms with Crippen molar-refractivity contribution in [2.45, 2.75) is 11.5 Å². The fraction of sp³-hybridized carbons (Fsp3) is 0.154. The number of nitrogens with one attached hydrogen (secondary N) is 1. The number of aliphatic hydroxyl groups is 1. The van der Waals surface area contributed by atoms with Crippen molar-refractivity contribution in [3.63, 3.8) is 0 Å². The summed E-state index contributed by atoms with van der Waals surface area (Å²) in [5.41, 5.74) is 0.389. The highest BCUT2D eigenvalue weighted by atomic mass is 79.9. The van der Waals surface area contributed by atoms with E-state index >= 15 is 0 Å². The van der Waals surface area contributed by atoms with E-state index in [1.807, 2.05) is 0 Å². The third-order valence-electron chi connectivity index (χ3n) is 2.72. The van der Waals surface area contributed by atoms with Gasteiger partial charge in [0.25, 0.3) is 10.0 Å². The second-order valence-electron chi connectivity index (χ2n) is 4.07. The fourth-order valence-electron chi connectivity index (χ4n) is 1.69. The predicted molar refractivity (Wildman–Crippen MR) is 81.7 cm³/mol. The van der Waals surface area contributed by atoms with Crippen molar-refractivity contribution in [2.75, 3.05) is 11.8 Å². The zero-order chi connectivity index (χ0) is 15.5. The smallest absolute Gasteiger partial charge is 0.263 e. The van der Waals surface area contributed by atoms with Crippen LogP contribution < -0.4 is 9.46 Å². The van der Waals surface area contributed by atoms with Gasteiger partial charge >= 0.3 is 0 Å². The number of sulfonamides is 1. The van der Waals surface area contributed by atoms with Crippen LogP contribution in [-0.2, 0) is 16.6 Å². The molecule has 1 aromatic heterocycles. The van der Waals surface area contributed by atoms with Gasteiger partial charge in [-0.2, -0.15) is 0 Å². The highest BCUT2D eigenvalue weighted by Gasteiger charge is 2.18. The lowest BCUT2D eigenvalue weighted by Gasteiger charge is -2.11. The van der Waals surface area contributed by atoms with Gasteiger partial charge in [0, 0.05) is 11.8 Å². The molecule has 2 N–H and O–H groups in total. The summed E-state index contributed by atoms with van der Waals surface area (Å²) in [5, 5.41) is 9.26. The van der Waals surface area contributed by atoms with Crippen molar-refractivity contribution >= 4 is 31.8 Å². The molecule has 0 amide bonds. The lowest BCUT2D eigenvalue weighted by Crippen LogP contribution is -2.14. The van der Waals surface area contributed by atoms with Crippen molar-refractivity contribution in [1.82, 2.24) is 4.98 Å². The Morgan fingerprint density at radius 3 is 2.76 bits per heavy atom. The first-order valence-electron chi connectivity index (χ1n) is 5.89. The van der Waals surface area contributed by atoms with Gasteiger partial charge in [-0.1, -0.05) is 0 Å². The van der Waals surface area contributed by atoms with Crippen LogP contribution in [0, 0.1) is 0 Å². The largest absolute Gasteiger partial charge is 0.496 e. The number of hydrogen-bond donors (Lipinski definition) is 2. The Bertz CT molecular complexity index is 750. The van der Waals surface area contributed by atoms with Gasteiger partial charge in [-0.15, -0.1) is 0 Å². The summed E-state index contributed by atoms with van der Waals surface area (Å²) in [6.45, 7) is -0.320. The molecule has 6 nitrogen and oxygen atoms in total. The molecule has 0 radical (unpaired) electrons. The Hall–Kier alpha value is -1.64. The summed E-state index contributed by atoms with van der Waals surface area (Å²) in [5.74, 6) is 0.620. The average molecular weight is 373 g/mol. The van der Waals surface area contributed by atoms with E-state index in [4.69, 9.17) is 4.74 Å². The van der Waals surface area contributed by atoms with Crippen LogP contribution in [0.4, 0.5) is 5.82 Å². The first kappa shape index (κ1) is 15.7. The van der Waals surface area contributed by atoms with Crippen molar-refractivity contribution in [2.24, 2.45) is 0 Å². The molecule has 112 valence electrons. The summed E-state index contributed by atoms with van der Waals surface area (Å²) in [6, 6.07) is 7.61. The van der Waals surface area contributed by atoms with E-state index in [0.29, 0.717) is 15.8 Å². The van der Waals surface area contributed by atoms with Crippen molar-refractivity contribution in [3.8, 4) is 5.75 Å². The van der Waals surface area contributed by atoms with Crippen molar-refractivity contribution < 1.29 is 18.3 Å². The van der Waals surface area contributed by atoms with Crippen LogP contribution >= 0.6 is 15.9 Å². The van der Waals surface area contributed by atoms with Gasteiger partial charge in [-0.05, 0) is 46.3 Å². The molecule has 0 bridgehead atoms. The van der Waals surface area contributed by atoms with Crippen LogP contribution in [0.2, 0.25) is 0 Å². The van der Waals surface area contributed by atoms with Gasteiger partial charge in [0.15, 0.2) is 5.82 Å². The number of ether oxygens (including phenoxy) is 1. The quantitative estimate of drug-likeness (QED) is 0.839. The highest BCUT2D eigenvalue weighted by Crippen LogP contribution is 2.25. The minimum Gasteiger partial charge on any atom is -0.496 e. The number of aromatic nitrogens is 1. The number of halogens is 1. The molecule has 0 saturated heterocycles. The molecule has 0 unspecified atom stereocenters. The molecule has 0 saturated carbocycles. The summed E-state index contributed by atoms with van der Waals surface area (Å²) in [7, 11) is -2.35. The molecule has 0 spiro atoms. The zero-order valence-electron chi connectivity index (χ0n) is 11.1. The van der Waals surface area contributed by atoms with Gasteiger partial charge < -0.3 is 9.84 Å². The topological polar surface area (TPSA) is 88.5 Å². The second-order valence-corrected chi connectivity index (χ2v) is 6.61. The van der Waals surface area contributed by atoms with Crippen LogP contribution in [0.5, 0.6) is 5.75 Å². The molecular weight excluding hydrogens is 360 g/mol. The van der Waals surface area contributed by atoms with E-state index in [9.17, 15) is 13.5 Å². The number of nitrogens with zero attached hydrogens (tertiary/aromatic N) is 1. The van der Waals surface area contributed by atoms with Gasteiger partial charge in [-0.3, -0.25) is 4.72 Å². The zero-order valence-corrected chi connectivity index (χ0v) is 13.5. The third-order valence-corrected chi connectivity index (χ3v) is 4.70. The van der Waals surface area contributed by atoms with Crippen molar-refractivity contribution in [1.29, 1.82) is 0 Å². The molecular formula is C13H13BrN2O4S. The molecule has 1 heterocycles. The fourth-order valence-corrected chi connectivity index (χ4v) is 3.26. The number of pyridine rings is 1. The Morgan fingerprint density at radius 2 is 2.14 bits per heavy atom. The van der Waals surface area contributed by atoms with Crippen LogP contribution in [0.25, 0.3) is 0 Å². The molecule has 8 heteroatoms. The third kappa shape index (κ3) is 3.52. The normalized spacial score (nSPS) is 11.2. The Morgan fingerprint density at radius 1 is 1.38 bits per heavy atom. The van der Waals surface area contributed by atoms with E-state index in [2.05, 4.69) is 25.6 Å². The summed E-state index contributed by atoms with van der Waals surface area (Å²) in [6.07, 6.45) is 1.48. The van der Waals surface area contributed by atoms with E-state index in [1.54, 1.807) is 12.1 Å². The Labute approximate surface area is 131 Å². The SMILES string of the molecule is COc1ccc(S(=O)(=O)Nc2ncccc2Br)cc1CO. The molecule has 0 atom stereocenters. The predicted octanol–water partition coefficient (Wildman–Crippen LogP) is 2.15. The van der Waals surface area contributed by atoms with Crippen LogP contribution in [-0.4, -0.2) is 25.6 Å². The summed E-state index contributed by atoms with van der Waals surface area (Å²) in [4.78, 5) is 3.97. The van der Waals surface area contributed by atoms with Gasteiger partial charge in [0.2, 0.25) is 0 Å². The molecule has 1 aromatic carbocycles. The van der Waals surface area contributed by atoms with E-state index in [-0.39, 0.29) is 17.3 Å². The molecule has 0 aliphatic carbocycles. The van der Waals surface area contributed by atoms with E-state index < -0.39 is 10.0 Å². The Kier molecular flexibility index (Phi) is 4.81. The number of rotatable bonds is 5. The number of aliphatic hydroxyl groups excluding tert-OH is 1. The minimum atomic E-state index is -3.80. The average Bonchev–Trinajstić information content (AvgIpc) is 2.48. The summed E-state index contributed by atoms with van der Waals surface area (Å²) < 4.78 is 32.6. The first-order chi connectivity index (χ1) is 9.97. The Balaban J connectivity index is 2.38. The molecule has 2 aromatic rings. The molecule has 21 heavy (non-hydrogen) atoms. The number of methoxy groups -OCH3 is 1. The maximum Gasteiger partial charge on any atom is 0.263 e. The minimum absolute atomic E-state index is 0.0184. The van der Waals surface area contributed by atoms with Gasteiger partial charge in [-0.25, -0.2) is 13.4 Å². The maximum absolute atomic E-state index is 12.3. The highest BCUT2D eigenvalue weighted by molar-refractivity contribution is 9.10. The van der Waals surface area contributed by atoms with Gasteiger partial charge in [0.05, 0.1) is 23.1 Å². The lowest BCUT2D eigenvalue weighted by atomic mass is 10.2. The van der Waals surface area contributed by atoms with Crippen LogP contribution in [0.15, 0.2) is 45.9 Å². The molecule has 0 aliphatic rings. The summed E-state index contributed by atoms with van der Waals surface area (Å²) >= 11 is 3.22. The monoisotopic (exact) mass is 372 g/mol. The second kappa shape index (κ2) is 6.42. The van der Waals surface area contributed by atoms with Crippen molar-refractivity contribution in [3.05, 3.63) is 46.6 Å². The number of anilines is 1. The number of hydrogen-bond acceptors (Lipinski definition) is 5. The maximum atomic E-state index is 12.3. The van der Waals surface area contributed by atoms with Crippen LogP contribution in [0.1, 0.15) is 5.56 Å². The molecule has 2 rings (SSSR count). The standard InChI is InChI=1S/C13H13BrN2O4S/c1-20-12-5-4-10(7-9(12)8-17)21(18,19)16-13-11(14)3-2-6-15-13/h2-7,17H,8H2,1H3,(H,15,16). The van der Waals surface area contributed by atoms with Gasteiger partial charge in [0.1, 0.15) is 5.75 Å².